The Kier molecular flexibility index (Phi) is 4.51. The Labute approximate surface area is 148 Å². The number of rotatable bonds is 4. The highest BCUT2D eigenvalue weighted by Gasteiger charge is 2.15. The maximum Gasteiger partial charge on any atom is 0.238 e. The summed E-state index contributed by atoms with van der Waals surface area (Å²) in [7, 11) is -2.41. The normalized spacial score (nSPS) is 11.5. The maximum absolute atomic E-state index is 14.0. The number of ether oxygens (including phenoxy) is 1. The van der Waals surface area contributed by atoms with Gasteiger partial charge in [0.05, 0.1) is 23.9 Å². The van der Waals surface area contributed by atoms with Gasteiger partial charge in [0.2, 0.25) is 15.3 Å². The van der Waals surface area contributed by atoms with E-state index in [2.05, 4.69) is 4.98 Å². The van der Waals surface area contributed by atoms with Crippen molar-refractivity contribution in [3.8, 4) is 22.7 Å². The van der Waals surface area contributed by atoms with E-state index in [1.807, 2.05) is 0 Å². The van der Waals surface area contributed by atoms with E-state index in [9.17, 15) is 12.8 Å². The van der Waals surface area contributed by atoms with Gasteiger partial charge in [-0.3, -0.25) is 4.57 Å². The van der Waals surface area contributed by atoms with Crippen LogP contribution in [0.1, 0.15) is 0 Å². The van der Waals surface area contributed by atoms with Crippen LogP contribution in [0, 0.1) is 5.82 Å². The summed E-state index contributed by atoms with van der Waals surface area (Å²) in [6.07, 6.45) is 1.50. The minimum atomic E-state index is -3.80. The fourth-order valence-corrected chi connectivity index (χ4v) is 3.14. The Morgan fingerprint density at radius 2 is 1.88 bits per heavy atom. The molecule has 0 saturated carbocycles. The van der Waals surface area contributed by atoms with Gasteiger partial charge in [0.15, 0.2) is 11.6 Å². The first kappa shape index (κ1) is 17.4. The summed E-state index contributed by atoms with van der Waals surface area (Å²) in [4.78, 5) is 4.02. The lowest BCUT2D eigenvalue weighted by Gasteiger charge is -2.11. The summed E-state index contributed by atoms with van der Waals surface area (Å²) in [5.74, 6) is -0.396. The predicted octanol–water partition coefficient (Wildman–Crippen LogP) is 2.99. The largest absolute Gasteiger partial charge is 0.494 e. The highest BCUT2D eigenvalue weighted by Crippen LogP contribution is 2.30. The van der Waals surface area contributed by atoms with Crippen molar-refractivity contribution in [1.29, 1.82) is 0 Å². The fourth-order valence-electron chi connectivity index (χ4n) is 2.39. The van der Waals surface area contributed by atoms with Crippen molar-refractivity contribution in [3.63, 3.8) is 0 Å². The SMILES string of the molecule is COc1ccc(-c2cnc(Cl)n2-c2ccc(S(N)(=O)=O)cc2)cc1F. The number of benzene rings is 2. The fraction of sp³-hybridized carbons (Fsp3) is 0.0625. The van der Waals surface area contributed by atoms with Gasteiger partial charge in [-0.05, 0) is 54.1 Å². The van der Waals surface area contributed by atoms with Gasteiger partial charge in [-0.15, -0.1) is 0 Å². The summed E-state index contributed by atoms with van der Waals surface area (Å²) < 4.78 is 43.2. The molecule has 0 spiro atoms. The number of hydrogen-bond acceptors (Lipinski definition) is 4. The first-order chi connectivity index (χ1) is 11.8. The summed E-state index contributed by atoms with van der Waals surface area (Å²) >= 11 is 6.15. The minimum Gasteiger partial charge on any atom is -0.494 e. The zero-order valence-corrected chi connectivity index (χ0v) is 14.6. The Bertz CT molecular complexity index is 1030. The van der Waals surface area contributed by atoms with E-state index in [0.29, 0.717) is 16.9 Å². The second-order valence-corrected chi connectivity index (χ2v) is 7.04. The van der Waals surface area contributed by atoms with Crippen molar-refractivity contribution in [1.82, 2.24) is 9.55 Å². The van der Waals surface area contributed by atoms with Crippen LogP contribution in [0.5, 0.6) is 5.75 Å². The number of hydrogen-bond donors (Lipinski definition) is 1. The molecule has 0 aliphatic rings. The Hall–Kier alpha value is -2.42. The smallest absolute Gasteiger partial charge is 0.238 e. The van der Waals surface area contributed by atoms with Crippen LogP contribution in [0.3, 0.4) is 0 Å². The molecule has 6 nitrogen and oxygen atoms in total. The number of nitrogens with zero attached hydrogens (tertiary/aromatic N) is 2. The van der Waals surface area contributed by atoms with Gasteiger partial charge in [0.1, 0.15) is 0 Å². The van der Waals surface area contributed by atoms with Crippen LogP contribution in [0.25, 0.3) is 16.9 Å². The zero-order valence-electron chi connectivity index (χ0n) is 13.0. The quantitative estimate of drug-likeness (QED) is 0.752. The molecule has 25 heavy (non-hydrogen) atoms. The molecule has 0 amide bonds. The van der Waals surface area contributed by atoms with Crippen LogP contribution in [-0.2, 0) is 10.0 Å². The average Bonchev–Trinajstić information content (AvgIpc) is 2.95. The lowest BCUT2D eigenvalue weighted by Crippen LogP contribution is -2.12. The molecule has 3 rings (SSSR count). The van der Waals surface area contributed by atoms with Crippen LogP contribution < -0.4 is 9.88 Å². The van der Waals surface area contributed by atoms with Gasteiger partial charge in [-0.25, -0.2) is 22.9 Å². The molecule has 2 N–H and O–H groups in total. The lowest BCUT2D eigenvalue weighted by molar-refractivity contribution is 0.386. The second kappa shape index (κ2) is 6.47. The predicted molar refractivity (Wildman–Crippen MR) is 91.9 cm³/mol. The Balaban J connectivity index is 2.10. The summed E-state index contributed by atoms with van der Waals surface area (Å²) in [5.41, 5.74) is 1.63. The van der Waals surface area contributed by atoms with Crippen molar-refractivity contribution in [3.05, 3.63) is 59.8 Å². The molecule has 0 saturated heterocycles. The first-order valence-electron chi connectivity index (χ1n) is 7.01. The molecule has 3 aromatic rings. The zero-order chi connectivity index (χ0) is 18.2. The molecule has 0 aliphatic carbocycles. The molecule has 0 aliphatic heterocycles. The van der Waals surface area contributed by atoms with Gasteiger partial charge >= 0.3 is 0 Å². The molecule has 0 atom stereocenters. The van der Waals surface area contributed by atoms with Crippen LogP contribution in [0.2, 0.25) is 5.28 Å². The molecule has 9 heteroatoms. The number of imidazole rings is 1. The van der Waals surface area contributed by atoms with E-state index in [0.717, 1.165) is 0 Å². The topological polar surface area (TPSA) is 87.2 Å². The second-order valence-electron chi connectivity index (χ2n) is 5.14. The molecule has 1 heterocycles. The van der Waals surface area contributed by atoms with Crippen LogP contribution in [0.4, 0.5) is 4.39 Å². The number of primary sulfonamides is 1. The Morgan fingerprint density at radius 3 is 2.44 bits per heavy atom. The summed E-state index contributed by atoms with van der Waals surface area (Å²) in [6.45, 7) is 0. The number of halogens is 2. The van der Waals surface area contributed by atoms with Gasteiger partial charge in [-0.2, -0.15) is 0 Å². The standard InChI is InChI=1S/C16H13ClFN3O3S/c1-24-15-7-2-10(8-13(15)18)14-9-20-16(17)21(14)11-3-5-12(6-4-11)25(19,22)23/h2-9H,1H3,(H2,19,22,23). The summed E-state index contributed by atoms with van der Waals surface area (Å²) in [6, 6.07) is 10.3. The molecule has 0 unspecified atom stereocenters. The molecule has 130 valence electrons. The van der Waals surface area contributed by atoms with E-state index in [1.54, 1.807) is 10.6 Å². The van der Waals surface area contributed by atoms with E-state index >= 15 is 0 Å². The third-order valence-corrected chi connectivity index (χ3v) is 4.79. The number of methoxy groups -OCH3 is 1. The first-order valence-corrected chi connectivity index (χ1v) is 8.94. The minimum absolute atomic E-state index is 0.0236. The monoisotopic (exact) mass is 381 g/mol. The van der Waals surface area contributed by atoms with E-state index in [-0.39, 0.29) is 15.9 Å². The average molecular weight is 382 g/mol. The van der Waals surface area contributed by atoms with Gasteiger partial charge < -0.3 is 4.74 Å². The molecule has 0 fully saturated rings. The van der Waals surface area contributed by atoms with Crippen LogP contribution >= 0.6 is 11.6 Å². The van der Waals surface area contributed by atoms with E-state index in [4.69, 9.17) is 21.5 Å². The number of nitrogens with two attached hydrogens (primary N) is 1. The molecule has 0 radical (unpaired) electrons. The highest BCUT2D eigenvalue weighted by molar-refractivity contribution is 7.89. The number of sulfonamides is 1. The van der Waals surface area contributed by atoms with Crippen molar-refractivity contribution < 1.29 is 17.5 Å². The molecular weight excluding hydrogens is 369 g/mol. The number of aromatic nitrogens is 2. The van der Waals surface area contributed by atoms with Crippen molar-refractivity contribution in [2.75, 3.05) is 7.11 Å². The van der Waals surface area contributed by atoms with Crippen molar-refractivity contribution in [2.45, 2.75) is 4.90 Å². The highest BCUT2D eigenvalue weighted by atomic mass is 35.5. The third-order valence-electron chi connectivity index (χ3n) is 3.59. The Morgan fingerprint density at radius 1 is 1.20 bits per heavy atom. The van der Waals surface area contributed by atoms with Crippen LogP contribution in [0.15, 0.2) is 53.6 Å². The van der Waals surface area contributed by atoms with Crippen LogP contribution in [-0.4, -0.2) is 25.1 Å². The van der Waals surface area contributed by atoms with Crippen molar-refractivity contribution in [2.24, 2.45) is 5.14 Å². The van der Waals surface area contributed by atoms with Gasteiger partial charge in [0, 0.05) is 11.3 Å². The third kappa shape index (κ3) is 3.37. The summed E-state index contributed by atoms with van der Waals surface area (Å²) in [5, 5.41) is 5.24. The van der Waals surface area contributed by atoms with Gasteiger partial charge in [0.25, 0.3) is 0 Å². The molecular formula is C16H13ClFN3O3S. The van der Waals surface area contributed by atoms with E-state index < -0.39 is 15.8 Å². The molecule has 0 bridgehead atoms. The van der Waals surface area contributed by atoms with Gasteiger partial charge in [-0.1, -0.05) is 0 Å². The maximum atomic E-state index is 14.0. The molecule has 2 aromatic carbocycles. The lowest BCUT2D eigenvalue weighted by atomic mass is 10.1. The van der Waals surface area contributed by atoms with Crippen molar-refractivity contribution >= 4 is 21.6 Å². The van der Waals surface area contributed by atoms with E-state index in [1.165, 1.54) is 49.7 Å². The molecule has 1 aromatic heterocycles.